The molecular weight excluding hydrogens is 319 g/mol. The number of carbonyl (C=O) groups excluding carboxylic acids is 1. The fourth-order valence-electron chi connectivity index (χ4n) is 1.39. The number of hydrogen-bond donors (Lipinski definition) is 2. The van der Waals surface area contributed by atoms with Gasteiger partial charge in [0, 0.05) is 20.1 Å². The maximum atomic E-state index is 13.3. The highest BCUT2D eigenvalue weighted by Gasteiger charge is 2.10. The number of halogens is 2. The van der Waals surface area contributed by atoms with Crippen LogP contribution in [-0.2, 0) is 11.3 Å². The van der Waals surface area contributed by atoms with Gasteiger partial charge in [0.05, 0.1) is 10.9 Å². The number of urea groups is 1. The monoisotopic (exact) mass is 332 g/mol. The van der Waals surface area contributed by atoms with E-state index in [0.29, 0.717) is 10.0 Å². The Morgan fingerprint density at radius 2 is 2.16 bits per heavy atom. The molecule has 1 aromatic carbocycles. The minimum atomic E-state index is -0.974. The highest BCUT2D eigenvalue weighted by atomic mass is 79.9. The lowest BCUT2D eigenvalue weighted by atomic mass is 10.2. The largest absolute Gasteiger partial charge is 0.481 e. The van der Waals surface area contributed by atoms with Crippen LogP contribution < -0.4 is 5.32 Å². The number of carbonyl (C=O) groups is 2. The van der Waals surface area contributed by atoms with Crippen molar-refractivity contribution in [3.8, 4) is 0 Å². The number of benzene rings is 1. The molecule has 0 atom stereocenters. The van der Waals surface area contributed by atoms with Crippen LogP contribution >= 0.6 is 15.9 Å². The van der Waals surface area contributed by atoms with Crippen molar-refractivity contribution < 1.29 is 19.1 Å². The molecular formula is C12H14BrFN2O3. The summed E-state index contributed by atoms with van der Waals surface area (Å²) in [6.45, 7) is 0.302. The van der Waals surface area contributed by atoms with E-state index in [1.807, 2.05) is 0 Å². The predicted molar refractivity (Wildman–Crippen MR) is 71.2 cm³/mol. The third kappa shape index (κ3) is 5.25. The van der Waals surface area contributed by atoms with E-state index in [1.165, 1.54) is 11.0 Å². The normalized spacial score (nSPS) is 10.1. The lowest BCUT2D eigenvalue weighted by Crippen LogP contribution is -2.37. The molecule has 0 aliphatic rings. The van der Waals surface area contributed by atoms with Gasteiger partial charge in [-0.1, -0.05) is 6.07 Å². The Hall–Kier alpha value is -1.63. The van der Waals surface area contributed by atoms with E-state index in [9.17, 15) is 14.0 Å². The molecule has 0 aliphatic carbocycles. The molecule has 104 valence electrons. The molecule has 0 saturated heterocycles. The summed E-state index contributed by atoms with van der Waals surface area (Å²) in [4.78, 5) is 23.3. The summed E-state index contributed by atoms with van der Waals surface area (Å²) in [5, 5.41) is 10.9. The van der Waals surface area contributed by atoms with Gasteiger partial charge in [0.25, 0.3) is 0 Å². The maximum Gasteiger partial charge on any atom is 0.317 e. The fraction of sp³-hybridized carbons (Fsp3) is 0.333. The van der Waals surface area contributed by atoms with Crippen LogP contribution in [-0.4, -0.2) is 35.6 Å². The van der Waals surface area contributed by atoms with Crippen molar-refractivity contribution in [1.82, 2.24) is 10.2 Å². The zero-order chi connectivity index (χ0) is 14.4. The van der Waals surface area contributed by atoms with E-state index in [4.69, 9.17) is 5.11 Å². The van der Waals surface area contributed by atoms with E-state index in [1.54, 1.807) is 19.2 Å². The highest BCUT2D eigenvalue weighted by Crippen LogP contribution is 2.17. The van der Waals surface area contributed by atoms with Crippen molar-refractivity contribution in [2.75, 3.05) is 13.6 Å². The van der Waals surface area contributed by atoms with Gasteiger partial charge in [-0.25, -0.2) is 9.18 Å². The van der Waals surface area contributed by atoms with Gasteiger partial charge in [0.1, 0.15) is 5.82 Å². The van der Waals surface area contributed by atoms with E-state index in [-0.39, 0.29) is 19.5 Å². The number of nitrogens with zero attached hydrogens (tertiary/aromatic N) is 1. The van der Waals surface area contributed by atoms with Crippen LogP contribution in [0.3, 0.4) is 0 Å². The van der Waals surface area contributed by atoms with Gasteiger partial charge in [-0.05, 0) is 33.6 Å². The lowest BCUT2D eigenvalue weighted by Gasteiger charge is -2.18. The molecule has 0 radical (unpaired) electrons. The summed E-state index contributed by atoms with van der Waals surface area (Å²) < 4.78 is 13.7. The number of aliphatic carboxylic acids is 1. The molecule has 1 rings (SSSR count). The summed E-state index contributed by atoms with van der Waals surface area (Å²) in [6, 6.07) is 4.21. The number of rotatable bonds is 5. The van der Waals surface area contributed by atoms with Gasteiger partial charge in [-0.2, -0.15) is 0 Å². The van der Waals surface area contributed by atoms with Crippen LogP contribution in [0, 0.1) is 5.82 Å². The van der Waals surface area contributed by atoms with Gasteiger partial charge in [-0.3, -0.25) is 4.79 Å². The minimum Gasteiger partial charge on any atom is -0.481 e. The standard InChI is InChI=1S/C12H14BrFN2O3/c1-16(12(19)15-5-4-11(17)18)7-8-2-3-9(13)10(14)6-8/h2-3,6H,4-5,7H2,1H3,(H,15,19)(H,17,18). The first-order valence-electron chi connectivity index (χ1n) is 5.55. The van der Waals surface area contributed by atoms with Gasteiger partial charge in [-0.15, -0.1) is 0 Å². The topological polar surface area (TPSA) is 69.6 Å². The second-order valence-corrected chi connectivity index (χ2v) is 4.83. The van der Waals surface area contributed by atoms with E-state index >= 15 is 0 Å². The summed E-state index contributed by atoms with van der Waals surface area (Å²) >= 11 is 3.05. The van der Waals surface area contributed by atoms with Crippen LogP contribution in [0.15, 0.2) is 22.7 Å². The molecule has 0 aliphatic heterocycles. The molecule has 7 heteroatoms. The molecule has 0 bridgehead atoms. The Morgan fingerprint density at radius 3 is 2.74 bits per heavy atom. The molecule has 2 amide bonds. The second-order valence-electron chi connectivity index (χ2n) is 3.98. The van der Waals surface area contributed by atoms with Gasteiger partial charge >= 0.3 is 12.0 Å². The van der Waals surface area contributed by atoms with Crippen LogP contribution in [0.1, 0.15) is 12.0 Å². The van der Waals surface area contributed by atoms with E-state index in [2.05, 4.69) is 21.2 Å². The van der Waals surface area contributed by atoms with Crippen molar-refractivity contribution in [2.45, 2.75) is 13.0 Å². The number of carboxylic acids is 1. The van der Waals surface area contributed by atoms with E-state index in [0.717, 1.165) is 0 Å². The lowest BCUT2D eigenvalue weighted by molar-refractivity contribution is -0.136. The molecule has 0 saturated carbocycles. The molecule has 0 aromatic heterocycles. The van der Waals surface area contributed by atoms with Crippen molar-refractivity contribution in [1.29, 1.82) is 0 Å². The molecule has 2 N–H and O–H groups in total. The average Bonchev–Trinajstić information content (AvgIpc) is 2.33. The molecule has 0 fully saturated rings. The van der Waals surface area contributed by atoms with Crippen LogP contribution in [0.5, 0.6) is 0 Å². The number of carboxylic acid groups (broad SMARTS) is 1. The van der Waals surface area contributed by atoms with Crippen LogP contribution in [0.2, 0.25) is 0 Å². The van der Waals surface area contributed by atoms with Crippen molar-refractivity contribution in [2.24, 2.45) is 0 Å². The minimum absolute atomic E-state index is 0.0627. The molecule has 0 unspecified atom stereocenters. The first kappa shape index (κ1) is 15.4. The summed E-state index contributed by atoms with van der Waals surface area (Å²) in [5.74, 6) is -1.37. The first-order chi connectivity index (χ1) is 8.90. The zero-order valence-corrected chi connectivity index (χ0v) is 11.9. The third-order valence-corrected chi connectivity index (χ3v) is 3.01. The Labute approximate surface area is 118 Å². The molecule has 1 aromatic rings. The Bertz CT molecular complexity index is 482. The summed E-state index contributed by atoms with van der Waals surface area (Å²) in [6.07, 6.45) is -0.132. The quantitative estimate of drug-likeness (QED) is 0.868. The smallest absolute Gasteiger partial charge is 0.317 e. The van der Waals surface area contributed by atoms with Gasteiger partial charge < -0.3 is 15.3 Å². The third-order valence-electron chi connectivity index (χ3n) is 2.37. The maximum absolute atomic E-state index is 13.3. The molecule has 0 spiro atoms. The molecule has 19 heavy (non-hydrogen) atoms. The summed E-state index contributed by atoms with van der Waals surface area (Å²) in [7, 11) is 1.55. The zero-order valence-electron chi connectivity index (χ0n) is 10.3. The molecule has 0 heterocycles. The summed E-state index contributed by atoms with van der Waals surface area (Å²) in [5.41, 5.74) is 0.650. The SMILES string of the molecule is CN(Cc1ccc(Br)c(F)c1)C(=O)NCCC(=O)O. The number of nitrogens with one attached hydrogen (secondary N) is 1. The van der Waals surface area contributed by atoms with E-state index < -0.39 is 17.8 Å². The average molecular weight is 333 g/mol. The fourth-order valence-corrected chi connectivity index (χ4v) is 1.64. The van der Waals surface area contributed by atoms with Crippen LogP contribution in [0.25, 0.3) is 0 Å². The Kier molecular flexibility index (Phi) is 5.75. The number of hydrogen-bond acceptors (Lipinski definition) is 2. The van der Waals surface area contributed by atoms with Crippen molar-refractivity contribution in [3.63, 3.8) is 0 Å². The molecule has 5 nitrogen and oxygen atoms in total. The van der Waals surface area contributed by atoms with Gasteiger partial charge in [0.2, 0.25) is 0 Å². The highest BCUT2D eigenvalue weighted by molar-refractivity contribution is 9.10. The Morgan fingerprint density at radius 1 is 1.47 bits per heavy atom. The van der Waals surface area contributed by atoms with Crippen LogP contribution in [0.4, 0.5) is 9.18 Å². The number of amides is 2. The van der Waals surface area contributed by atoms with Gasteiger partial charge in [0.15, 0.2) is 0 Å². The Balaban J connectivity index is 2.49. The van der Waals surface area contributed by atoms with Crippen molar-refractivity contribution in [3.05, 3.63) is 34.1 Å². The first-order valence-corrected chi connectivity index (χ1v) is 6.34. The second kappa shape index (κ2) is 7.08. The predicted octanol–water partition coefficient (Wildman–Crippen LogP) is 2.20. The van der Waals surface area contributed by atoms with Crippen molar-refractivity contribution >= 4 is 27.9 Å².